The van der Waals surface area contributed by atoms with Gasteiger partial charge in [-0.25, -0.2) is 9.97 Å². The van der Waals surface area contributed by atoms with E-state index in [1.807, 2.05) is 12.4 Å². The van der Waals surface area contributed by atoms with Crippen molar-refractivity contribution in [3.63, 3.8) is 0 Å². The molecule has 3 heterocycles. The number of hydrogen-bond donors (Lipinski definition) is 1. The average molecular weight is 247 g/mol. The van der Waals surface area contributed by atoms with Crippen molar-refractivity contribution < 1.29 is 0 Å². The molecule has 0 aliphatic carbocycles. The molecule has 18 heavy (non-hydrogen) atoms. The minimum atomic E-state index is 0.511. The zero-order valence-electron chi connectivity index (χ0n) is 10.8. The van der Waals surface area contributed by atoms with Crippen molar-refractivity contribution in [2.45, 2.75) is 31.8 Å². The van der Waals surface area contributed by atoms with Crippen LogP contribution in [-0.4, -0.2) is 47.1 Å². The number of aromatic nitrogens is 2. The van der Waals surface area contributed by atoms with E-state index < -0.39 is 0 Å². The first-order chi connectivity index (χ1) is 8.86. The Balaban J connectivity index is 1.74. The van der Waals surface area contributed by atoms with Crippen molar-refractivity contribution in [2.24, 2.45) is 5.73 Å². The Morgan fingerprint density at radius 2 is 1.94 bits per heavy atom. The first kappa shape index (κ1) is 11.9. The third-order valence-corrected chi connectivity index (χ3v) is 4.01. The highest BCUT2D eigenvalue weighted by Crippen LogP contribution is 2.23. The Morgan fingerprint density at radius 3 is 2.72 bits per heavy atom. The van der Waals surface area contributed by atoms with Gasteiger partial charge in [-0.05, 0) is 25.8 Å². The lowest BCUT2D eigenvalue weighted by Gasteiger charge is -2.25. The number of hydrogen-bond acceptors (Lipinski definition) is 5. The van der Waals surface area contributed by atoms with Gasteiger partial charge in [-0.15, -0.1) is 0 Å². The molecular weight excluding hydrogens is 226 g/mol. The summed E-state index contributed by atoms with van der Waals surface area (Å²) in [5.74, 6) is 0.862. The number of fused-ring (bicyclic) bond motifs is 1. The lowest BCUT2D eigenvalue weighted by atomic mass is 10.2. The number of anilines is 1. The number of nitrogens with two attached hydrogens (primary N) is 1. The summed E-state index contributed by atoms with van der Waals surface area (Å²) in [7, 11) is 0. The summed E-state index contributed by atoms with van der Waals surface area (Å²) in [5.41, 5.74) is 6.57. The van der Waals surface area contributed by atoms with Crippen LogP contribution in [0.1, 0.15) is 24.8 Å². The van der Waals surface area contributed by atoms with Crippen LogP contribution in [0.5, 0.6) is 0 Å². The van der Waals surface area contributed by atoms with Crippen LogP contribution in [0.25, 0.3) is 0 Å². The van der Waals surface area contributed by atoms with Crippen LogP contribution in [0.2, 0.25) is 0 Å². The van der Waals surface area contributed by atoms with Gasteiger partial charge in [-0.3, -0.25) is 4.90 Å². The first-order valence-corrected chi connectivity index (χ1v) is 6.87. The lowest BCUT2D eigenvalue weighted by molar-refractivity contribution is 0.273. The molecule has 5 nitrogen and oxygen atoms in total. The van der Waals surface area contributed by atoms with Crippen molar-refractivity contribution in [1.29, 1.82) is 0 Å². The van der Waals surface area contributed by atoms with E-state index in [0.29, 0.717) is 12.6 Å². The molecule has 2 aliphatic heterocycles. The van der Waals surface area contributed by atoms with E-state index in [0.717, 1.165) is 24.6 Å². The molecule has 5 heteroatoms. The van der Waals surface area contributed by atoms with Crippen LogP contribution < -0.4 is 10.6 Å². The topological polar surface area (TPSA) is 58.3 Å². The normalized spacial score (nSPS) is 24.9. The Morgan fingerprint density at radius 1 is 1.17 bits per heavy atom. The van der Waals surface area contributed by atoms with E-state index in [1.165, 1.54) is 32.4 Å². The Kier molecular flexibility index (Phi) is 3.43. The van der Waals surface area contributed by atoms with Gasteiger partial charge in [0.1, 0.15) is 0 Å². The van der Waals surface area contributed by atoms with E-state index in [2.05, 4.69) is 19.8 Å². The second-order valence-corrected chi connectivity index (χ2v) is 5.23. The molecule has 0 bridgehead atoms. The summed E-state index contributed by atoms with van der Waals surface area (Å²) < 4.78 is 0. The third-order valence-electron chi connectivity index (χ3n) is 4.01. The molecule has 2 fully saturated rings. The average Bonchev–Trinajstić information content (AvgIpc) is 2.76. The molecule has 1 atom stereocenters. The highest BCUT2D eigenvalue weighted by Gasteiger charge is 2.29. The van der Waals surface area contributed by atoms with Gasteiger partial charge in [0.05, 0.1) is 0 Å². The van der Waals surface area contributed by atoms with Gasteiger partial charge in [-0.1, -0.05) is 0 Å². The molecule has 2 aliphatic rings. The van der Waals surface area contributed by atoms with Crippen LogP contribution >= 0.6 is 0 Å². The maximum absolute atomic E-state index is 5.57. The summed E-state index contributed by atoms with van der Waals surface area (Å²) in [5, 5.41) is 0. The third kappa shape index (κ3) is 2.33. The molecule has 3 rings (SSSR count). The van der Waals surface area contributed by atoms with Gasteiger partial charge in [-0.2, -0.15) is 0 Å². The zero-order chi connectivity index (χ0) is 12.4. The maximum Gasteiger partial charge on any atom is 0.225 e. The largest absolute Gasteiger partial charge is 0.339 e. The van der Waals surface area contributed by atoms with Gasteiger partial charge in [0.25, 0.3) is 0 Å². The van der Waals surface area contributed by atoms with Crippen molar-refractivity contribution in [3.05, 3.63) is 18.0 Å². The fourth-order valence-electron chi connectivity index (χ4n) is 3.00. The highest BCUT2D eigenvalue weighted by molar-refractivity contribution is 5.30. The van der Waals surface area contributed by atoms with Crippen molar-refractivity contribution in [2.75, 3.05) is 31.1 Å². The van der Waals surface area contributed by atoms with Gasteiger partial charge in [0, 0.05) is 50.2 Å². The molecule has 1 aromatic rings. The SMILES string of the molecule is NCc1cnc(N2CCCN3CCCC3C2)nc1. The number of nitrogens with zero attached hydrogens (tertiary/aromatic N) is 4. The molecular formula is C13H21N5. The predicted molar refractivity (Wildman–Crippen MR) is 71.3 cm³/mol. The van der Waals surface area contributed by atoms with Crippen molar-refractivity contribution in [1.82, 2.24) is 14.9 Å². The van der Waals surface area contributed by atoms with Crippen LogP contribution in [-0.2, 0) is 6.54 Å². The zero-order valence-corrected chi connectivity index (χ0v) is 10.8. The summed E-state index contributed by atoms with van der Waals surface area (Å²) >= 11 is 0. The minimum absolute atomic E-state index is 0.511. The highest BCUT2D eigenvalue weighted by atomic mass is 15.3. The summed E-state index contributed by atoms with van der Waals surface area (Å²) in [6, 6.07) is 0.699. The van der Waals surface area contributed by atoms with E-state index in [4.69, 9.17) is 5.73 Å². The van der Waals surface area contributed by atoms with E-state index in [9.17, 15) is 0 Å². The van der Waals surface area contributed by atoms with E-state index >= 15 is 0 Å². The van der Waals surface area contributed by atoms with Crippen LogP contribution in [0, 0.1) is 0 Å². The first-order valence-electron chi connectivity index (χ1n) is 6.87. The molecule has 1 aromatic heterocycles. The van der Waals surface area contributed by atoms with Gasteiger partial charge >= 0.3 is 0 Å². The van der Waals surface area contributed by atoms with Gasteiger partial charge < -0.3 is 10.6 Å². The standard InChI is InChI=1S/C13H21N5/c14-7-11-8-15-13(16-9-11)18-6-2-5-17-4-1-3-12(17)10-18/h8-9,12H,1-7,10,14H2. The molecule has 2 saturated heterocycles. The lowest BCUT2D eigenvalue weighted by Crippen LogP contribution is -2.37. The molecule has 0 amide bonds. The molecule has 0 aromatic carbocycles. The Bertz CT molecular complexity index is 391. The summed E-state index contributed by atoms with van der Waals surface area (Å²) in [4.78, 5) is 13.8. The second-order valence-electron chi connectivity index (χ2n) is 5.23. The second kappa shape index (κ2) is 5.20. The maximum atomic E-state index is 5.57. The minimum Gasteiger partial charge on any atom is -0.339 e. The van der Waals surface area contributed by atoms with Gasteiger partial charge in [0.15, 0.2) is 0 Å². The van der Waals surface area contributed by atoms with Crippen molar-refractivity contribution in [3.8, 4) is 0 Å². The Labute approximate surface area is 108 Å². The quantitative estimate of drug-likeness (QED) is 0.830. The van der Waals surface area contributed by atoms with E-state index in [-0.39, 0.29) is 0 Å². The fourth-order valence-corrected chi connectivity index (χ4v) is 3.00. The molecule has 2 N–H and O–H groups in total. The van der Waals surface area contributed by atoms with Crippen LogP contribution in [0.3, 0.4) is 0 Å². The van der Waals surface area contributed by atoms with Crippen LogP contribution in [0.4, 0.5) is 5.95 Å². The summed E-state index contributed by atoms with van der Waals surface area (Å²) in [6.07, 6.45) is 7.56. The summed E-state index contributed by atoms with van der Waals surface area (Å²) in [6.45, 7) is 5.14. The Hall–Kier alpha value is -1.20. The molecule has 0 radical (unpaired) electrons. The molecule has 1 unspecified atom stereocenters. The smallest absolute Gasteiger partial charge is 0.225 e. The molecule has 0 spiro atoms. The molecule has 0 saturated carbocycles. The fraction of sp³-hybridized carbons (Fsp3) is 0.692. The van der Waals surface area contributed by atoms with Gasteiger partial charge in [0.2, 0.25) is 5.95 Å². The van der Waals surface area contributed by atoms with E-state index in [1.54, 1.807) is 0 Å². The van der Waals surface area contributed by atoms with Crippen LogP contribution in [0.15, 0.2) is 12.4 Å². The predicted octanol–water partition coefficient (Wildman–Crippen LogP) is 0.610. The monoisotopic (exact) mass is 247 g/mol. The van der Waals surface area contributed by atoms with Crippen molar-refractivity contribution >= 4 is 5.95 Å². The number of rotatable bonds is 2. The molecule has 98 valence electrons.